The summed E-state index contributed by atoms with van der Waals surface area (Å²) in [5.74, 6) is 0. The van der Waals surface area contributed by atoms with Crippen molar-refractivity contribution in [3.8, 4) is 0 Å². The van der Waals surface area contributed by atoms with Crippen LogP contribution in [0.1, 0.15) is 0 Å². The van der Waals surface area contributed by atoms with Gasteiger partial charge in [-0.2, -0.15) is 0 Å². The summed E-state index contributed by atoms with van der Waals surface area (Å²) in [4.78, 5) is 7.71. The van der Waals surface area contributed by atoms with E-state index in [9.17, 15) is 0 Å². The van der Waals surface area contributed by atoms with E-state index in [1.165, 1.54) is 0 Å². The predicted octanol–water partition coefficient (Wildman–Crippen LogP) is -1.27. The Morgan fingerprint density at radius 1 is 1.75 bits per heavy atom. The van der Waals surface area contributed by atoms with Gasteiger partial charge in [0, 0.05) is 18.9 Å². The minimum Gasteiger partial charge on any atom is -0.438 e. The van der Waals surface area contributed by atoms with E-state index in [1.807, 2.05) is 6.55 Å². The molecule has 0 aliphatic carbocycles. The summed E-state index contributed by atoms with van der Waals surface area (Å²) in [7, 11) is -0.583. The second kappa shape index (κ2) is 9.23. The maximum absolute atomic E-state index is 7.71. The Hall–Kier alpha value is 0.774. The van der Waals surface area contributed by atoms with Crippen molar-refractivity contribution >= 4 is 28.6 Å². The molecule has 0 aromatic heterocycles. The fourth-order valence-electron chi connectivity index (χ4n) is 0. The molecule has 0 saturated carbocycles. The Kier molecular flexibility index (Phi) is 20.4. The van der Waals surface area contributed by atoms with Gasteiger partial charge in [0.25, 0.3) is 0 Å². The fraction of sp³-hybridized carbons (Fsp3) is 1.00. The van der Waals surface area contributed by atoms with Gasteiger partial charge in [-0.05, 0) is 0 Å². The van der Waals surface area contributed by atoms with Gasteiger partial charge in [-0.3, -0.25) is 0 Å². The van der Waals surface area contributed by atoms with Crippen molar-refractivity contribution in [2.45, 2.75) is 6.55 Å². The molecule has 0 spiro atoms. The third kappa shape index (κ3) is 14.6. The molecule has 0 aliphatic rings. The molecule has 1 radical (unpaired) electrons. The van der Waals surface area contributed by atoms with Crippen molar-refractivity contribution < 1.29 is 4.80 Å². The first kappa shape index (κ1) is 8.84. The molecule has 0 atom stereocenters. The van der Waals surface area contributed by atoms with E-state index in [0.717, 1.165) is 0 Å². The van der Waals surface area contributed by atoms with Crippen LogP contribution in [-0.4, -0.2) is 33.4 Å². The Labute approximate surface area is 40.5 Å². The van der Waals surface area contributed by atoms with Gasteiger partial charge in [-0.15, -0.1) is 0 Å². The summed E-state index contributed by atoms with van der Waals surface area (Å²) in [5, 5.41) is 0. The van der Waals surface area contributed by atoms with Crippen molar-refractivity contribution in [1.82, 2.24) is 0 Å². The zero-order valence-electron chi connectivity index (χ0n) is 3.15. The normalized spacial score (nSPS) is 7.50. The molecule has 0 rings (SSSR count). The van der Waals surface area contributed by atoms with Crippen LogP contribution in [0.25, 0.3) is 0 Å². The van der Waals surface area contributed by atoms with Crippen LogP contribution in [0.15, 0.2) is 0 Å². The zero-order valence-corrected chi connectivity index (χ0v) is 4.57. The van der Waals surface area contributed by atoms with Gasteiger partial charge >= 0.3 is 0 Å². The van der Waals surface area contributed by atoms with E-state index in [-0.39, 0.29) is 18.9 Å². The van der Waals surface area contributed by atoms with Gasteiger partial charge in [-0.1, -0.05) is 6.55 Å². The second-order valence-corrected chi connectivity index (χ2v) is 0.949. The first-order valence-electron chi connectivity index (χ1n) is 1.02. The molecule has 4 heavy (non-hydrogen) atoms. The fourth-order valence-corrected chi connectivity index (χ4v) is 0. The minimum atomic E-state index is -0.583. The quantitative estimate of drug-likeness (QED) is 0.352. The molecule has 0 bridgehead atoms. The van der Waals surface area contributed by atoms with Crippen molar-refractivity contribution in [2.75, 3.05) is 0 Å². The molecule has 0 aliphatic heterocycles. The maximum atomic E-state index is 7.71. The summed E-state index contributed by atoms with van der Waals surface area (Å²) >= 11 is 0. The average molecular weight is 69.1 g/mol. The second-order valence-electron chi connectivity index (χ2n) is 0.316. The van der Waals surface area contributed by atoms with Crippen LogP contribution in [0, 0.1) is 0 Å². The Morgan fingerprint density at radius 2 is 1.75 bits per heavy atom. The van der Waals surface area contributed by atoms with Crippen LogP contribution in [0.4, 0.5) is 0 Å². The van der Waals surface area contributed by atoms with E-state index in [1.54, 1.807) is 0 Å². The van der Waals surface area contributed by atoms with Gasteiger partial charge in [0.05, 0.1) is 0 Å². The molecule has 0 amide bonds. The summed E-state index contributed by atoms with van der Waals surface area (Å²) in [6.07, 6.45) is 0. The van der Waals surface area contributed by atoms with Gasteiger partial charge in [0.1, 0.15) is 0 Å². The van der Waals surface area contributed by atoms with Crippen LogP contribution >= 0.6 is 0 Å². The standard InChI is InChI=1S/CH6OSi.Li/c1-3-2;/h2H,3H2,1H3;. The predicted molar refractivity (Wildman–Crippen MR) is 22.4 cm³/mol. The SMILES string of the molecule is C[SiH2]O.[Li]. The third-order valence-corrected chi connectivity index (χ3v) is 0. The summed E-state index contributed by atoms with van der Waals surface area (Å²) in [6.45, 7) is 1.82. The number of hydrogen-bond donors (Lipinski definition) is 1. The topological polar surface area (TPSA) is 20.2 Å². The van der Waals surface area contributed by atoms with E-state index < -0.39 is 9.76 Å². The monoisotopic (exact) mass is 69.0 g/mol. The molecule has 0 aromatic carbocycles. The molecule has 1 N–H and O–H groups in total. The molecule has 0 aromatic rings. The number of rotatable bonds is 0. The van der Waals surface area contributed by atoms with Crippen molar-refractivity contribution in [3.63, 3.8) is 0 Å². The van der Waals surface area contributed by atoms with Gasteiger partial charge in [-0.25, -0.2) is 0 Å². The van der Waals surface area contributed by atoms with Gasteiger partial charge < -0.3 is 4.80 Å². The first-order valence-corrected chi connectivity index (χ1v) is 3.07. The molecule has 0 fully saturated rings. The van der Waals surface area contributed by atoms with Crippen LogP contribution in [0.5, 0.6) is 0 Å². The summed E-state index contributed by atoms with van der Waals surface area (Å²) in [5.41, 5.74) is 0. The third-order valence-electron chi connectivity index (χ3n) is 0. The van der Waals surface area contributed by atoms with E-state index in [0.29, 0.717) is 0 Å². The van der Waals surface area contributed by atoms with Crippen LogP contribution < -0.4 is 0 Å². The molecule has 3 heteroatoms. The largest absolute Gasteiger partial charge is 0.438 e. The zero-order chi connectivity index (χ0) is 2.71. The molecule has 0 heterocycles. The Morgan fingerprint density at radius 3 is 1.75 bits per heavy atom. The van der Waals surface area contributed by atoms with E-state index >= 15 is 0 Å². The summed E-state index contributed by atoms with van der Waals surface area (Å²) < 4.78 is 0. The van der Waals surface area contributed by atoms with Crippen molar-refractivity contribution in [2.24, 2.45) is 0 Å². The Bertz CT molecular complexity index is 8.00. The molecule has 0 unspecified atom stereocenters. The molecule has 0 saturated heterocycles. The molecular formula is CH6LiOSi. The molecular weight excluding hydrogens is 63.0 g/mol. The smallest absolute Gasteiger partial charge is 0.153 e. The number of hydrogen-bond acceptors (Lipinski definition) is 1. The summed E-state index contributed by atoms with van der Waals surface area (Å²) in [6, 6.07) is 0. The average Bonchev–Trinajstić information content (AvgIpc) is 0.918. The Balaban J connectivity index is 0. The molecule has 21 valence electrons. The van der Waals surface area contributed by atoms with Crippen LogP contribution in [0.3, 0.4) is 0 Å². The van der Waals surface area contributed by atoms with Crippen LogP contribution in [-0.2, 0) is 0 Å². The maximum Gasteiger partial charge on any atom is 0.153 e. The van der Waals surface area contributed by atoms with Crippen molar-refractivity contribution in [3.05, 3.63) is 0 Å². The van der Waals surface area contributed by atoms with E-state index in [4.69, 9.17) is 4.80 Å². The van der Waals surface area contributed by atoms with Gasteiger partial charge in [0.15, 0.2) is 9.76 Å². The van der Waals surface area contributed by atoms with Crippen molar-refractivity contribution in [1.29, 1.82) is 0 Å². The first-order chi connectivity index (χ1) is 1.41. The van der Waals surface area contributed by atoms with Crippen LogP contribution in [0.2, 0.25) is 6.55 Å². The van der Waals surface area contributed by atoms with Gasteiger partial charge in [0.2, 0.25) is 0 Å². The minimum absolute atomic E-state index is 0. The van der Waals surface area contributed by atoms with E-state index in [2.05, 4.69) is 0 Å². The molecule has 1 nitrogen and oxygen atoms in total.